The Morgan fingerprint density at radius 3 is 2.28 bits per heavy atom. The molecular formula is C10H10Cl2N2O4. The number of carbonyl (C=O) groups is 2. The maximum atomic E-state index is 11.3. The molecule has 0 saturated heterocycles. The van der Waals surface area contributed by atoms with Crippen LogP contribution in [0.25, 0.3) is 0 Å². The summed E-state index contributed by atoms with van der Waals surface area (Å²) >= 11 is 11.5. The maximum Gasteiger partial charge on any atom is 0.334 e. The molecule has 0 spiro atoms. The van der Waals surface area contributed by atoms with Gasteiger partial charge in [-0.15, -0.1) is 0 Å². The third kappa shape index (κ3) is 4.79. The fraction of sp³-hybridized carbons (Fsp3) is 0.200. The molecule has 0 aliphatic carbocycles. The summed E-state index contributed by atoms with van der Waals surface area (Å²) in [5, 5.41) is 22.6. The van der Waals surface area contributed by atoms with Crippen LogP contribution in [0.5, 0.6) is 0 Å². The Bertz CT molecular complexity index is 447. The van der Waals surface area contributed by atoms with Crippen molar-refractivity contribution < 1.29 is 19.8 Å². The van der Waals surface area contributed by atoms with E-state index in [4.69, 9.17) is 33.4 Å². The number of carbonyl (C=O) groups excluding carboxylic acids is 1. The third-order valence-corrected chi connectivity index (χ3v) is 2.30. The van der Waals surface area contributed by atoms with Crippen LogP contribution in [0.1, 0.15) is 0 Å². The zero-order chi connectivity index (χ0) is 13.7. The summed E-state index contributed by atoms with van der Waals surface area (Å²) in [5.74, 6) is -1.42. The first kappa shape index (κ1) is 14.6. The van der Waals surface area contributed by atoms with Crippen molar-refractivity contribution >= 4 is 40.9 Å². The second kappa shape index (κ2) is 6.44. The molecule has 8 heteroatoms. The Balaban J connectivity index is 2.52. The van der Waals surface area contributed by atoms with Gasteiger partial charge in [0.05, 0.1) is 6.54 Å². The minimum atomic E-state index is -1.65. The average Bonchev–Trinajstić information content (AvgIpc) is 2.24. The van der Waals surface area contributed by atoms with Crippen molar-refractivity contribution in [1.82, 2.24) is 5.32 Å². The Kier molecular flexibility index (Phi) is 5.21. The Morgan fingerprint density at radius 2 is 1.78 bits per heavy atom. The van der Waals surface area contributed by atoms with Crippen LogP contribution in [0.15, 0.2) is 18.2 Å². The molecule has 98 valence electrons. The second-order valence-corrected chi connectivity index (χ2v) is 4.22. The van der Waals surface area contributed by atoms with E-state index in [1.54, 1.807) is 0 Å². The molecule has 0 saturated carbocycles. The maximum absolute atomic E-state index is 11.3. The number of amides is 2. The summed E-state index contributed by atoms with van der Waals surface area (Å²) in [6.45, 7) is -0.407. The minimum absolute atomic E-state index is 0.350. The van der Waals surface area contributed by atoms with Crippen LogP contribution in [-0.2, 0) is 4.79 Å². The van der Waals surface area contributed by atoms with Gasteiger partial charge in [-0.05, 0) is 18.2 Å². The molecule has 0 aliphatic rings. The van der Waals surface area contributed by atoms with E-state index in [2.05, 4.69) is 10.6 Å². The van der Waals surface area contributed by atoms with Crippen molar-refractivity contribution in [3.63, 3.8) is 0 Å². The molecule has 0 radical (unpaired) electrons. The predicted octanol–water partition coefficient (Wildman–Crippen LogP) is 1.56. The monoisotopic (exact) mass is 292 g/mol. The number of nitrogens with one attached hydrogen (secondary N) is 2. The van der Waals surface area contributed by atoms with Crippen LogP contribution >= 0.6 is 23.2 Å². The van der Waals surface area contributed by atoms with E-state index in [0.29, 0.717) is 15.7 Å². The standard InChI is InChI=1S/C10H10Cl2N2O4/c11-5-1-6(12)3-7(2-5)14-10(18)13-4-8(15)9(16)17/h1-3,8,15H,4H2,(H,16,17)(H2,13,14,18). The van der Waals surface area contributed by atoms with Crippen LogP contribution in [0, 0.1) is 0 Å². The third-order valence-electron chi connectivity index (χ3n) is 1.86. The number of aliphatic carboxylic acids is 1. The highest BCUT2D eigenvalue weighted by atomic mass is 35.5. The Hall–Kier alpha value is -1.50. The Morgan fingerprint density at radius 1 is 1.22 bits per heavy atom. The molecule has 1 atom stereocenters. The Labute approximate surface area is 113 Å². The molecule has 1 unspecified atom stereocenters. The molecule has 1 aromatic carbocycles. The lowest BCUT2D eigenvalue weighted by Crippen LogP contribution is -2.38. The largest absolute Gasteiger partial charge is 0.479 e. The number of urea groups is 1. The summed E-state index contributed by atoms with van der Waals surface area (Å²) in [6, 6.07) is 3.77. The van der Waals surface area contributed by atoms with Crippen molar-refractivity contribution in [3.05, 3.63) is 28.2 Å². The number of halogens is 2. The molecule has 1 aromatic rings. The molecule has 1 rings (SSSR count). The van der Waals surface area contributed by atoms with Gasteiger partial charge in [0, 0.05) is 15.7 Å². The summed E-state index contributed by atoms with van der Waals surface area (Å²) < 4.78 is 0. The number of carboxylic acid groups (broad SMARTS) is 1. The number of hydrogen-bond acceptors (Lipinski definition) is 3. The first-order valence-corrected chi connectivity index (χ1v) is 5.56. The van der Waals surface area contributed by atoms with E-state index in [9.17, 15) is 9.59 Å². The molecular weight excluding hydrogens is 283 g/mol. The van der Waals surface area contributed by atoms with E-state index >= 15 is 0 Å². The quantitative estimate of drug-likeness (QED) is 0.677. The minimum Gasteiger partial charge on any atom is -0.479 e. The van der Waals surface area contributed by atoms with Crippen molar-refractivity contribution in [2.75, 3.05) is 11.9 Å². The SMILES string of the molecule is O=C(NCC(O)C(=O)O)Nc1cc(Cl)cc(Cl)c1. The summed E-state index contributed by atoms with van der Waals surface area (Å²) in [4.78, 5) is 21.7. The number of hydrogen-bond donors (Lipinski definition) is 4. The van der Waals surface area contributed by atoms with Gasteiger partial charge in [-0.3, -0.25) is 0 Å². The number of rotatable bonds is 4. The van der Waals surface area contributed by atoms with Crippen molar-refractivity contribution in [3.8, 4) is 0 Å². The summed E-state index contributed by atoms with van der Waals surface area (Å²) in [7, 11) is 0. The van der Waals surface area contributed by atoms with Crippen molar-refractivity contribution in [2.24, 2.45) is 0 Å². The number of aliphatic hydroxyl groups is 1. The van der Waals surface area contributed by atoms with E-state index in [-0.39, 0.29) is 0 Å². The lowest BCUT2D eigenvalue weighted by atomic mass is 10.3. The molecule has 0 aliphatic heterocycles. The van der Waals surface area contributed by atoms with Crippen LogP contribution < -0.4 is 10.6 Å². The number of carboxylic acids is 1. The lowest BCUT2D eigenvalue weighted by molar-refractivity contribution is -0.146. The molecule has 4 N–H and O–H groups in total. The van der Waals surface area contributed by atoms with Crippen LogP contribution in [0.2, 0.25) is 10.0 Å². The average molecular weight is 293 g/mol. The van der Waals surface area contributed by atoms with Gasteiger partial charge in [-0.2, -0.15) is 0 Å². The zero-order valence-electron chi connectivity index (χ0n) is 8.98. The van der Waals surface area contributed by atoms with Crippen molar-refractivity contribution in [1.29, 1.82) is 0 Å². The number of aliphatic hydroxyl groups excluding tert-OH is 1. The smallest absolute Gasteiger partial charge is 0.334 e. The highest BCUT2D eigenvalue weighted by Gasteiger charge is 2.14. The van der Waals surface area contributed by atoms with Gasteiger partial charge in [0.2, 0.25) is 0 Å². The van der Waals surface area contributed by atoms with Crippen LogP contribution in [0.4, 0.5) is 10.5 Å². The first-order valence-electron chi connectivity index (χ1n) is 4.80. The van der Waals surface area contributed by atoms with Gasteiger partial charge in [0.15, 0.2) is 6.10 Å². The molecule has 0 fully saturated rings. The highest BCUT2D eigenvalue weighted by molar-refractivity contribution is 6.35. The lowest BCUT2D eigenvalue weighted by Gasteiger charge is -2.09. The predicted molar refractivity (Wildman–Crippen MR) is 67.1 cm³/mol. The van der Waals surface area contributed by atoms with E-state index < -0.39 is 24.6 Å². The van der Waals surface area contributed by atoms with Gasteiger partial charge in [0.1, 0.15) is 0 Å². The highest BCUT2D eigenvalue weighted by Crippen LogP contribution is 2.22. The molecule has 0 aromatic heterocycles. The molecule has 18 heavy (non-hydrogen) atoms. The van der Waals surface area contributed by atoms with E-state index in [0.717, 1.165) is 0 Å². The number of benzene rings is 1. The summed E-state index contributed by atoms with van der Waals surface area (Å²) in [6.07, 6.45) is -1.65. The normalized spacial score (nSPS) is 11.7. The molecule has 6 nitrogen and oxygen atoms in total. The first-order chi connectivity index (χ1) is 8.38. The molecule has 0 heterocycles. The fourth-order valence-corrected chi connectivity index (χ4v) is 1.60. The van der Waals surface area contributed by atoms with Gasteiger partial charge in [-0.1, -0.05) is 23.2 Å². The molecule has 2 amide bonds. The van der Waals surface area contributed by atoms with Crippen LogP contribution in [-0.4, -0.2) is 34.9 Å². The second-order valence-electron chi connectivity index (χ2n) is 3.35. The topological polar surface area (TPSA) is 98.7 Å². The van der Waals surface area contributed by atoms with Gasteiger partial charge < -0.3 is 20.8 Å². The molecule has 0 bridgehead atoms. The number of anilines is 1. The van der Waals surface area contributed by atoms with Crippen LogP contribution in [0.3, 0.4) is 0 Å². The van der Waals surface area contributed by atoms with Crippen molar-refractivity contribution in [2.45, 2.75) is 6.10 Å². The van der Waals surface area contributed by atoms with E-state index in [1.165, 1.54) is 18.2 Å². The van der Waals surface area contributed by atoms with Gasteiger partial charge in [0.25, 0.3) is 0 Å². The summed E-state index contributed by atoms with van der Waals surface area (Å²) in [5.41, 5.74) is 0.356. The van der Waals surface area contributed by atoms with Gasteiger partial charge in [-0.25, -0.2) is 9.59 Å². The fourth-order valence-electron chi connectivity index (χ4n) is 1.08. The van der Waals surface area contributed by atoms with E-state index in [1.807, 2.05) is 0 Å². The van der Waals surface area contributed by atoms with Gasteiger partial charge >= 0.3 is 12.0 Å². The zero-order valence-corrected chi connectivity index (χ0v) is 10.5.